The molecule has 0 unspecified atom stereocenters. The summed E-state index contributed by atoms with van der Waals surface area (Å²) in [7, 11) is 1.77. The Kier molecular flexibility index (Phi) is 5.35. The number of benzene rings is 2. The molecule has 7 nitrogen and oxygen atoms in total. The molecule has 0 spiro atoms. The van der Waals surface area contributed by atoms with Crippen molar-refractivity contribution in [3.05, 3.63) is 68.2 Å². The highest BCUT2D eigenvalue weighted by atomic mass is 35.5. The molecule has 2 aromatic rings. The Morgan fingerprint density at radius 2 is 2.11 bits per heavy atom. The van der Waals surface area contributed by atoms with E-state index in [1.165, 1.54) is 23.9 Å². The Morgan fingerprint density at radius 3 is 2.78 bits per heavy atom. The van der Waals surface area contributed by atoms with Crippen molar-refractivity contribution in [2.24, 2.45) is 0 Å². The molecule has 1 heterocycles. The molecule has 3 rings (SSSR count). The van der Waals surface area contributed by atoms with E-state index in [0.717, 1.165) is 16.6 Å². The summed E-state index contributed by atoms with van der Waals surface area (Å²) in [5.74, 6) is -0.653. The number of halogens is 1. The van der Waals surface area contributed by atoms with Crippen LogP contribution in [-0.2, 0) is 4.79 Å². The summed E-state index contributed by atoms with van der Waals surface area (Å²) in [6.45, 7) is -0.500. The fraction of sp³-hybridized carbons (Fsp3) is 0.111. The van der Waals surface area contributed by atoms with Gasteiger partial charge < -0.3 is 9.64 Å². The standard InChI is InChI=1S/C18H12ClN3O4S/c1-21-13-4-2-3-5-17(13)27-18(21)12(9-20)15(23)10-26-16-7-6-11(19)8-14(16)22(24)25/h2-8H,10H2,1H3. The molecule has 0 aliphatic carbocycles. The number of Topliss-reactive ketones (excluding diaryl/α,β-unsaturated/α-hetero) is 1. The fourth-order valence-electron chi connectivity index (χ4n) is 2.52. The molecule has 0 aromatic heterocycles. The minimum atomic E-state index is -0.646. The summed E-state index contributed by atoms with van der Waals surface area (Å²) in [5, 5.41) is 21.3. The van der Waals surface area contributed by atoms with E-state index in [9.17, 15) is 20.2 Å². The number of carbonyl (C=O) groups excluding carboxylic acids is 1. The molecular formula is C18H12ClN3O4S. The molecule has 0 atom stereocenters. The predicted octanol–water partition coefficient (Wildman–Crippen LogP) is 4.17. The molecule has 136 valence electrons. The zero-order chi connectivity index (χ0) is 19.6. The first-order valence-corrected chi connectivity index (χ1v) is 8.86. The lowest BCUT2D eigenvalue weighted by molar-refractivity contribution is -0.385. The molecule has 0 fully saturated rings. The second-order valence-electron chi connectivity index (χ2n) is 5.50. The number of thioether (sulfide) groups is 1. The third-order valence-electron chi connectivity index (χ3n) is 3.82. The number of ketones is 1. The fourth-order valence-corrected chi connectivity index (χ4v) is 3.85. The first-order valence-electron chi connectivity index (χ1n) is 7.67. The van der Waals surface area contributed by atoms with Gasteiger partial charge in [0.25, 0.3) is 0 Å². The smallest absolute Gasteiger partial charge is 0.312 e. The summed E-state index contributed by atoms with van der Waals surface area (Å²) in [4.78, 5) is 25.7. The Hall–Kier alpha value is -3.02. The first kappa shape index (κ1) is 18.8. The zero-order valence-electron chi connectivity index (χ0n) is 14.0. The summed E-state index contributed by atoms with van der Waals surface area (Å²) in [5.41, 5.74) is 0.490. The number of nitrogens with zero attached hydrogens (tertiary/aromatic N) is 3. The third kappa shape index (κ3) is 3.74. The molecule has 1 aliphatic rings. The second kappa shape index (κ2) is 7.70. The van der Waals surface area contributed by atoms with Gasteiger partial charge in [-0.25, -0.2) is 0 Å². The van der Waals surface area contributed by atoms with Crippen LogP contribution >= 0.6 is 23.4 Å². The normalized spacial score (nSPS) is 14.3. The van der Waals surface area contributed by atoms with Gasteiger partial charge in [-0.3, -0.25) is 14.9 Å². The van der Waals surface area contributed by atoms with E-state index in [0.29, 0.717) is 5.03 Å². The van der Waals surface area contributed by atoms with Gasteiger partial charge in [-0.15, -0.1) is 0 Å². The minimum absolute atomic E-state index is 0.0599. The van der Waals surface area contributed by atoms with Crippen LogP contribution in [0.4, 0.5) is 11.4 Å². The Morgan fingerprint density at radius 1 is 1.37 bits per heavy atom. The van der Waals surface area contributed by atoms with Gasteiger partial charge in [-0.05, 0) is 24.3 Å². The molecule has 2 aromatic carbocycles. The number of nitriles is 1. The van der Waals surface area contributed by atoms with Crippen molar-refractivity contribution in [2.75, 3.05) is 18.6 Å². The number of anilines is 1. The van der Waals surface area contributed by atoms with Gasteiger partial charge in [0.15, 0.2) is 12.4 Å². The SMILES string of the molecule is CN1C(=C(C#N)C(=O)COc2ccc(Cl)cc2[N+](=O)[O-])Sc2ccccc21. The third-order valence-corrected chi connectivity index (χ3v) is 5.29. The lowest BCUT2D eigenvalue weighted by Crippen LogP contribution is -2.19. The van der Waals surface area contributed by atoms with Crippen molar-refractivity contribution in [2.45, 2.75) is 4.90 Å². The van der Waals surface area contributed by atoms with Crippen molar-refractivity contribution in [1.82, 2.24) is 0 Å². The van der Waals surface area contributed by atoms with Crippen molar-refractivity contribution in [3.63, 3.8) is 0 Å². The molecule has 0 N–H and O–H groups in total. The number of nitro groups is 1. The number of fused-ring (bicyclic) bond motifs is 1. The molecule has 0 radical (unpaired) electrons. The highest BCUT2D eigenvalue weighted by Gasteiger charge is 2.28. The van der Waals surface area contributed by atoms with Crippen molar-refractivity contribution < 1.29 is 14.5 Å². The van der Waals surface area contributed by atoms with Gasteiger partial charge in [-0.1, -0.05) is 35.5 Å². The topological polar surface area (TPSA) is 96.5 Å². The van der Waals surface area contributed by atoms with Gasteiger partial charge in [0.2, 0.25) is 5.78 Å². The maximum absolute atomic E-state index is 12.5. The largest absolute Gasteiger partial charge is 0.478 e. The number of para-hydroxylation sites is 1. The average Bonchev–Trinajstić information content (AvgIpc) is 2.98. The molecule has 0 saturated carbocycles. The van der Waals surface area contributed by atoms with Crippen LogP contribution in [0.25, 0.3) is 0 Å². The van der Waals surface area contributed by atoms with Gasteiger partial charge in [0.05, 0.1) is 10.6 Å². The number of carbonyl (C=O) groups is 1. The quantitative estimate of drug-likeness (QED) is 0.321. The van der Waals surface area contributed by atoms with Crippen molar-refractivity contribution in [3.8, 4) is 11.8 Å². The Balaban J connectivity index is 1.82. The number of hydrogen-bond donors (Lipinski definition) is 0. The van der Waals surface area contributed by atoms with Crippen LogP contribution in [-0.4, -0.2) is 24.4 Å². The molecule has 9 heteroatoms. The van der Waals surface area contributed by atoms with Crippen LogP contribution < -0.4 is 9.64 Å². The Bertz CT molecular complexity index is 1020. The summed E-state index contributed by atoms with van der Waals surface area (Å²) < 4.78 is 5.31. The van der Waals surface area contributed by atoms with E-state index in [2.05, 4.69) is 0 Å². The van der Waals surface area contributed by atoms with Crippen molar-refractivity contribution >= 4 is 40.5 Å². The van der Waals surface area contributed by atoms with Crippen LogP contribution in [0, 0.1) is 21.4 Å². The van der Waals surface area contributed by atoms with Crippen molar-refractivity contribution in [1.29, 1.82) is 5.26 Å². The van der Waals surface area contributed by atoms with Crippen LogP contribution in [0.2, 0.25) is 5.02 Å². The number of nitro benzene ring substituents is 1. The van der Waals surface area contributed by atoms with E-state index in [1.807, 2.05) is 30.3 Å². The molecule has 1 aliphatic heterocycles. The van der Waals surface area contributed by atoms with Gasteiger partial charge in [0.1, 0.15) is 16.7 Å². The molecule has 0 bridgehead atoms. The highest BCUT2D eigenvalue weighted by molar-refractivity contribution is 8.03. The molecular weight excluding hydrogens is 390 g/mol. The van der Waals surface area contributed by atoms with E-state index in [4.69, 9.17) is 16.3 Å². The van der Waals surface area contributed by atoms with E-state index >= 15 is 0 Å². The number of rotatable bonds is 5. The van der Waals surface area contributed by atoms with Gasteiger partial charge in [0, 0.05) is 23.0 Å². The lowest BCUT2D eigenvalue weighted by Gasteiger charge is -2.14. The monoisotopic (exact) mass is 401 g/mol. The zero-order valence-corrected chi connectivity index (χ0v) is 15.6. The highest BCUT2D eigenvalue weighted by Crippen LogP contribution is 2.46. The first-order chi connectivity index (χ1) is 12.9. The van der Waals surface area contributed by atoms with E-state index in [1.54, 1.807) is 11.9 Å². The summed E-state index contributed by atoms with van der Waals surface area (Å²) >= 11 is 7.08. The molecule has 0 amide bonds. The van der Waals surface area contributed by atoms with Gasteiger partial charge in [-0.2, -0.15) is 5.26 Å². The van der Waals surface area contributed by atoms with Crippen LogP contribution in [0.3, 0.4) is 0 Å². The second-order valence-corrected chi connectivity index (χ2v) is 6.97. The predicted molar refractivity (Wildman–Crippen MR) is 102 cm³/mol. The minimum Gasteiger partial charge on any atom is -0.478 e. The number of hydrogen-bond acceptors (Lipinski definition) is 7. The average molecular weight is 402 g/mol. The lowest BCUT2D eigenvalue weighted by atomic mass is 10.2. The Labute approximate surface area is 163 Å². The van der Waals surface area contributed by atoms with Crippen LogP contribution in [0.5, 0.6) is 5.75 Å². The van der Waals surface area contributed by atoms with Crippen LogP contribution in [0.15, 0.2) is 58.0 Å². The van der Waals surface area contributed by atoms with Gasteiger partial charge >= 0.3 is 5.69 Å². The van der Waals surface area contributed by atoms with E-state index < -0.39 is 17.3 Å². The summed E-state index contributed by atoms with van der Waals surface area (Å²) in [6.07, 6.45) is 0. The number of ether oxygens (including phenoxy) is 1. The van der Waals surface area contributed by atoms with E-state index in [-0.39, 0.29) is 22.0 Å². The maximum atomic E-state index is 12.5. The molecule has 0 saturated heterocycles. The summed E-state index contributed by atoms with van der Waals surface area (Å²) in [6, 6.07) is 13.3. The maximum Gasteiger partial charge on any atom is 0.312 e. The molecule has 27 heavy (non-hydrogen) atoms. The van der Waals surface area contributed by atoms with Crippen LogP contribution in [0.1, 0.15) is 0 Å².